The summed E-state index contributed by atoms with van der Waals surface area (Å²) in [6.45, 7) is -0.433. The third-order valence-electron chi connectivity index (χ3n) is 6.59. The summed E-state index contributed by atoms with van der Waals surface area (Å²) < 4.78 is 7.41. The quantitative estimate of drug-likeness (QED) is 0.298. The standard InChI is InChI=1S/C27H23N3O5/c1-28-17-22(20-11-5-7-13-23(20)28)27(15-16-29(33)34)21-12-6-8-14-24(21)30(25(27)31)26(32)35-18-19-9-3-2-4-10-19/h2-14,17H,15-16,18H2,1H3/t27-/m1/s1. The van der Waals surface area contributed by atoms with Crippen LogP contribution in [0.25, 0.3) is 10.9 Å². The van der Waals surface area contributed by atoms with Crippen molar-refractivity contribution in [3.05, 3.63) is 112 Å². The highest BCUT2D eigenvalue weighted by atomic mass is 16.6. The van der Waals surface area contributed by atoms with E-state index in [-0.39, 0.29) is 13.0 Å². The number of ether oxygens (including phenoxy) is 1. The number of para-hydroxylation sites is 2. The number of amides is 2. The molecule has 1 aliphatic heterocycles. The number of benzene rings is 3. The molecule has 0 fully saturated rings. The van der Waals surface area contributed by atoms with Gasteiger partial charge in [-0.05, 0) is 28.8 Å². The molecule has 1 aromatic heterocycles. The highest BCUT2D eigenvalue weighted by Gasteiger charge is 2.56. The van der Waals surface area contributed by atoms with Gasteiger partial charge in [0, 0.05) is 35.5 Å². The largest absolute Gasteiger partial charge is 0.444 e. The van der Waals surface area contributed by atoms with E-state index in [4.69, 9.17) is 4.74 Å². The molecule has 8 heteroatoms. The van der Waals surface area contributed by atoms with Gasteiger partial charge >= 0.3 is 6.09 Å². The van der Waals surface area contributed by atoms with Gasteiger partial charge in [0.15, 0.2) is 0 Å². The van der Waals surface area contributed by atoms with Gasteiger partial charge in [0.05, 0.1) is 5.69 Å². The number of hydrogen-bond donors (Lipinski definition) is 0. The average molecular weight is 469 g/mol. The zero-order valence-electron chi connectivity index (χ0n) is 19.1. The summed E-state index contributed by atoms with van der Waals surface area (Å²) in [5, 5.41) is 12.3. The van der Waals surface area contributed by atoms with Crippen molar-refractivity contribution >= 4 is 28.6 Å². The minimum Gasteiger partial charge on any atom is -0.444 e. The zero-order valence-corrected chi connectivity index (χ0v) is 19.1. The molecule has 0 spiro atoms. The monoisotopic (exact) mass is 469 g/mol. The maximum Gasteiger partial charge on any atom is 0.421 e. The predicted octanol–water partition coefficient (Wildman–Crippen LogP) is 4.81. The second-order valence-electron chi connectivity index (χ2n) is 8.58. The number of carbonyl (C=O) groups excluding carboxylic acids is 2. The van der Waals surface area contributed by atoms with Crippen molar-refractivity contribution in [2.75, 3.05) is 11.4 Å². The number of fused-ring (bicyclic) bond motifs is 2. The van der Waals surface area contributed by atoms with Crippen LogP contribution in [0.15, 0.2) is 85.1 Å². The zero-order chi connectivity index (χ0) is 24.6. The topological polar surface area (TPSA) is 94.7 Å². The summed E-state index contributed by atoms with van der Waals surface area (Å²) in [6.07, 6.45) is 0.930. The molecule has 0 saturated heterocycles. The number of hydrogen-bond acceptors (Lipinski definition) is 5. The summed E-state index contributed by atoms with van der Waals surface area (Å²) >= 11 is 0. The van der Waals surface area contributed by atoms with Crippen LogP contribution < -0.4 is 4.90 Å². The average Bonchev–Trinajstić information content (AvgIpc) is 3.34. The number of rotatable bonds is 6. The highest BCUT2D eigenvalue weighted by molar-refractivity contribution is 6.23. The van der Waals surface area contributed by atoms with E-state index in [2.05, 4.69) is 0 Å². The van der Waals surface area contributed by atoms with Crippen molar-refractivity contribution in [3.63, 3.8) is 0 Å². The van der Waals surface area contributed by atoms with Crippen LogP contribution in [0.1, 0.15) is 23.1 Å². The molecular weight excluding hydrogens is 446 g/mol. The number of aromatic nitrogens is 1. The molecule has 8 nitrogen and oxygen atoms in total. The first kappa shape index (κ1) is 22.3. The summed E-state index contributed by atoms with van der Waals surface area (Å²) in [6, 6.07) is 23.7. The van der Waals surface area contributed by atoms with E-state index in [0.717, 1.165) is 21.4 Å². The fourth-order valence-corrected chi connectivity index (χ4v) is 4.99. The molecule has 1 aliphatic rings. The number of nitrogens with zero attached hydrogens (tertiary/aromatic N) is 3. The lowest BCUT2D eigenvalue weighted by Crippen LogP contribution is -2.45. The molecule has 35 heavy (non-hydrogen) atoms. The molecule has 2 amide bonds. The normalized spacial score (nSPS) is 16.9. The van der Waals surface area contributed by atoms with Gasteiger partial charge in [0.1, 0.15) is 12.0 Å². The summed E-state index contributed by atoms with van der Waals surface area (Å²) in [5.41, 5.74) is 1.84. The Morgan fingerprint density at radius 2 is 1.66 bits per heavy atom. The lowest BCUT2D eigenvalue weighted by atomic mass is 9.72. The first-order valence-electron chi connectivity index (χ1n) is 11.2. The molecule has 176 valence electrons. The van der Waals surface area contributed by atoms with Crippen molar-refractivity contribution in [1.29, 1.82) is 0 Å². The molecule has 4 aromatic rings. The minimum absolute atomic E-state index is 0.00177. The molecule has 5 rings (SSSR count). The van der Waals surface area contributed by atoms with Gasteiger partial charge in [-0.25, -0.2) is 9.69 Å². The molecule has 2 heterocycles. The van der Waals surface area contributed by atoms with Crippen molar-refractivity contribution < 1.29 is 19.2 Å². The van der Waals surface area contributed by atoms with Gasteiger partial charge in [0.2, 0.25) is 6.54 Å². The molecule has 0 aliphatic carbocycles. The minimum atomic E-state index is -1.41. The van der Waals surface area contributed by atoms with Crippen LogP contribution in [0.5, 0.6) is 0 Å². The van der Waals surface area contributed by atoms with Gasteiger partial charge < -0.3 is 9.30 Å². The number of carbonyl (C=O) groups is 2. The molecule has 0 radical (unpaired) electrons. The molecule has 0 bridgehead atoms. The number of aryl methyl sites for hydroxylation is 1. The van der Waals surface area contributed by atoms with Gasteiger partial charge in [0.25, 0.3) is 5.91 Å². The first-order valence-corrected chi connectivity index (χ1v) is 11.2. The van der Waals surface area contributed by atoms with E-state index in [0.29, 0.717) is 16.8 Å². The fraction of sp³-hybridized carbons (Fsp3) is 0.185. The fourth-order valence-electron chi connectivity index (χ4n) is 4.99. The SMILES string of the molecule is Cn1cc([C@]2(CC[N+](=O)[O-])C(=O)N(C(=O)OCc3ccccc3)c3ccccc32)c2ccccc21. The Bertz CT molecular complexity index is 1450. The van der Waals surface area contributed by atoms with Crippen molar-refractivity contribution in [2.45, 2.75) is 18.4 Å². The Morgan fingerprint density at radius 3 is 2.43 bits per heavy atom. The Morgan fingerprint density at radius 1 is 0.971 bits per heavy atom. The first-order chi connectivity index (χ1) is 16.9. The van der Waals surface area contributed by atoms with E-state index in [1.54, 1.807) is 24.3 Å². The van der Waals surface area contributed by atoms with Gasteiger partial charge in [-0.1, -0.05) is 66.7 Å². The van der Waals surface area contributed by atoms with E-state index >= 15 is 0 Å². The second kappa shape index (κ2) is 8.72. The maximum atomic E-state index is 14.2. The van der Waals surface area contributed by atoms with Gasteiger partial charge in [-0.3, -0.25) is 14.9 Å². The van der Waals surface area contributed by atoms with Crippen molar-refractivity contribution in [2.24, 2.45) is 7.05 Å². The number of anilines is 1. The third kappa shape index (κ3) is 3.63. The second-order valence-corrected chi connectivity index (χ2v) is 8.58. The Balaban J connectivity index is 1.64. The van der Waals surface area contributed by atoms with Crippen LogP contribution in [0, 0.1) is 10.1 Å². The lowest BCUT2D eigenvalue weighted by molar-refractivity contribution is -0.481. The highest BCUT2D eigenvalue weighted by Crippen LogP contribution is 2.50. The molecular formula is C27H23N3O5. The Labute approximate surface area is 201 Å². The summed E-state index contributed by atoms with van der Waals surface area (Å²) in [5.74, 6) is -0.546. The lowest BCUT2D eigenvalue weighted by Gasteiger charge is -2.27. The Hall–Kier alpha value is -4.46. The number of nitro groups is 1. The van der Waals surface area contributed by atoms with E-state index < -0.39 is 28.9 Å². The molecule has 1 atom stereocenters. The smallest absolute Gasteiger partial charge is 0.421 e. The van der Waals surface area contributed by atoms with Gasteiger partial charge in [-0.15, -0.1) is 0 Å². The van der Waals surface area contributed by atoms with E-state index in [9.17, 15) is 19.7 Å². The number of imide groups is 1. The molecule has 0 N–H and O–H groups in total. The van der Waals surface area contributed by atoms with Crippen LogP contribution in [0.3, 0.4) is 0 Å². The van der Waals surface area contributed by atoms with Crippen LogP contribution in [0.4, 0.5) is 10.5 Å². The van der Waals surface area contributed by atoms with Crippen LogP contribution in [0.2, 0.25) is 0 Å². The third-order valence-corrected chi connectivity index (χ3v) is 6.59. The van der Waals surface area contributed by atoms with Crippen molar-refractivity contribution in [3.8, 4) is 0 Å². The van der Waals surface area contributed by atoms with Gasteiger partial charge in [-0.2, -0.15) is 0 Å². The Kier molecular flexibility index (Phi) is 5.56. The predicted molar refractivity (Wildman–Crippen MR) is 131 cm³/mol. The van der Waals surface area contributed by atoms with Crippen LogP contribution >= 0.6 is 0 Å². The molecule has 0 saturated carbocycles. The molecule has 0 unspecified atom stereocenters. The van der Waals surface area contributed by atoms with E-state index in [1.165, 1.54) is 0 Å². The summed E-state index contributed by atoms with van der Waals surface area (Å²) in [4.78, 5) is 39.5. The maximum absolute atomic E-state index is 14.2. The summed E-state index contributed by atoms with van der Waals surface area (Å²) in [7, 11) is 1.87. The van der Waals surface area contributed by atoms with Crippen LogP contribution in [-0.2, 0) is 28.6 Å². The van der Waals surface area contributed by atoms with E-state index in [1.807, 2.05) is 72.4 Å². The van der Waals surface area contributed by atoms with Crippen molar-refractivity contribution in [1.82, 2.24) is 4.57 Å². The van der Waals surface area contributed by atoms with Crippen LogP contribution in [-0.4, -0.2) is 28.0 Å². The molecule has 3 aromatic carbocycles.